The largest absolute Gasteiger partial charge is 0.473 e. The van der Waals surface area contributed by atoms with Crippen LogP contribution in [0.15, 0.2) is 18.2 Å². The molecule has 1 aromatic heterocycles. The first-order chi connectivity index (χ1) is 17.2. The molecule has 0 radical (unpaired) electrons. The average Bonchev–Trinajstić information content (AvgIpc) is 3.54. The van der Waals surface area contributed by atoms with E-state index < -0.39 is 17.2 Å². The minimum absolute atomic E-state index is 0.00392. The van der Waals surface area contributed by atoms with E-state index in [1.165, 1.54) is 6.07 Å². The second-order valence-electron chi connectivity index (χ2n) is 10.8. The van der Waals surface area contributed by atoms with Gasteiger partial charge in [-0.2, -0.15) is 13.2 Å². The minimum Gasteiger partial charge on any atom is -0.473 e. The number of carbonyl (C=O) groups is 1. The molecular weight excluding hydrogens is 473 g/mol. The normalized spacial score (nSPS) is 25.7. The van der Waals surface area contributed by atoms with E-state index in [4.69, 9.17) is 4.74 Å². The highest BCUT2D eigenvalue weighted by atomic mass is 19.4. The Morgan fingerprint density at radius 3 is 2.69 bits per heavy atom. The number of halogens is 3. The Kier molecular flexibility index (Phi) is 6.69. The number of amides is 1. The summed E-state index contributed by atoms with van der Waals surface area (Å²) in [6.07, 6.45) is 1.06. The molecule has 0 spiro atoms. The van der Waals surface area contributed by atoms with Gasteiger partial charge in [0.2, 0.25) is 5.91 Å². The van der Waals surface area contributed by atoms with Gasteiger partial charge in [0, 0.05) is 18.0 Å². The second-order valence-corrected chi connectivity index (χ2v) is 10.8. The summed E-state index contributed by atoms with van der Waals surface area (Å²) in [4.78, 5) is 18.0. The number of aromatic nitrogens is 4. The molecule has 2 atom stereocenters. The van der Waals surface area contributed by atoms with Gasteiger partial charge < -0.3 is 14.5 Å². The minimum atomic E-state index is -4.43. The van der Waals surface area contributed by atoms with Gasteiger partial charge in [0.1, 0.15) is 11.6 Å². The number of nitrogens with zero attached hydrogens (tertiary/aromatic N) is 5. The van der Waals surface area contributed by atoms with Crippen molar-refractivity contribution < 1.29 is 22.7 Å². The third kappa shape index (κ3) is 4.81. The molecule has 0 bridgehead atoms. The molecule has 0 unspecified atom stereocenters. The smallest absolute Gasteiger partial charge is 0.416 e. The maximum atomic E-state index is 13.9. The molecule has 8 nitrogen and oxygen atoms in total. The van der Waals surface area contributed by atoms with Crippen molar-refractivity contribution >= 4 is 5.91 Å². The van der Waals surface area contributed by atoms with Gasteiger partial charge in [0.25, 0.3) is 0 Å². The summed E-state index contributed by atoms with van der Waals surface area (Å²) in [6.45, 7) is 6.34. The third-order valence-corrected chi connectivity index (χ3v) is 8.50. The molecule has 1 saturated heterocycles. The van der Waals surface area contributed by atoms with Crippen molar-refractivity contribution in [3.8, 4) is 5.75 Å². The molecule has 1 saturated carbocycles. The summed E-state index contributed by atoms with van der Waals surface area (Å²) in [7, 11) is 0. The number of fused-ring (bicyclic) bond motifs is 1. The van der Waals surface area contributed by atoms with E-state index in [2.05, 4.69) is 39.4 Å². The summed E-state index contributed by atoms with van der Waals surface area (Å²) < 4.78 is 45.4. The highest BCUT2D eigenvalue weighted by molar-refractivity contribution is 5.83. The number of rotatable bonds is 5. The molecule has 36 heavy (non-hydrogen) atoms. The molecule has 1 amide bonds. The predicted octanol–water partition coefficient (Wildman–Crippen LogP) is 4.05. The molecule has 1 N–H and O–H groups in total. The molecule has 1 aromatic carbocycles. The molecule has 3 aliphatic rings. The molecule has 5 rings (SSSR count). The van der Waals surface area contributed by atoms with E-state index in [9.17, 15) is 18.0 Å². The number of likely N-dealkylation sites (tertiary alicyclic amines) is 1. The first kappa shape index (κ1) is 25.0. The fourth-order valence-corrected chi connectivity index (χ4v) is 6.25. The maximum Gasteiger partial charge on any atom is 0.416 e. The Hall–Kier alpha value is -2.69. The Balaban J connectivity index is 1.24. The van der Waals surface area contributed by atoms with E-state index in [1.807, 2.05) is 0 Å². The topological polar surface area (TPSA) is 87.2 Å². The predicted molar refractivity (Wildman–Crippen MR) is 125 cm³/mol. The number of ether oxygens (including phenoxy) is 1. The summed E-state index contributed by atoms with van der Waals surface area (Å²) in [5.74, 6) is 1.90. The Labute approximate surface area is 208 Å². The lowest BCUT2D eigenvalue weighted by molar-refractivity contribution is -0.150. The SMILES string of the molecule is CC(C)[C@]1(C(=O)N2COc3ccc(C(F)(F)F)cc3C2)CC[C@@H](N2CCC(Cc3nnn[nH]3)CC2)C1. The van der Waals surface area contributed by atoms with Gasteiger partial charge in [0.05, 0.1) is 17.5 Å². The van der Waals surface area contributed by atoms with Gasteiger partial charge in [-0.15, -0.1) is 5.10 Å². The molecule has 2 aromatic rings. The third-order valence-electron chi connectivity index (χ3n) is 8.50. The van der Waals surface area contributed by atoms with Crippen LogP contribution in [0.3, 0.4) is 0 Å². The highest BCUT2D eigenvalue weighted by Gasteiger charge is 2.51. The molecular formula is C25H33F3N6O2. The van der Waals surface area contributed by atoms with Crippen molar-refractivity contribution in [1.82, 2.24) is 30.4 Å². The van der Waals surface area contributed by atoms with E-state index in [1.54, 1.807) is 4.90 Å². The van der Waals surface area contributed by atoms with Crippen LogP contribution in [-0.2, 0) is 23.9 Å². The Morgan fingerprint density at radius 2 is 2.03 bits per heavy atom. The lowest BCUT2D eigenvalue weighted by atomic mass is 9.74. The van der Waals surface area contributed by atoms with Crippen molar-refractivity contribution in [2.24, 2.45) is 17.3 Å². The van der Waals surface area contributed by atoms with Crippen LogP contribution in [0.25, 0.3) is 0 Å². The lowest BCUT2D eigenvalue weighted by Crippen LogP contribution is -2.49. The first-order valence-electron chi connectivity index (χ1n) is 12.7. The van der Waals surface area contributed by atoms with Crippen LogP contribution >= 0.6 is 0 Å². The van der Waals surface area contributed by atoms with E-state index in [-0.39, 0.29) is 25.1 Å². The van der Waals surface area contributed by atoms with Crippen LogP contribution in [-0.4, -0.2) is 62.2 Å². The van der Waals surface area contributed by atoms with Gasteiger partial charge in [-0.3, -0.25) is 4.79 Å². The number of piperidine rings is 1. The van der Waals surface area contributed by atoms with E-state index in [0.717, 1.165) is 69.6 Å². The molecule has 1 aliphatic carbocycles. The van der Waals surface area contributed by atoms with Crippen molar-refractivity contribution in [1.29, 1.82) is 0 Å². The van der Waals surface area contributed by atoms with E-state index in [0.29, 0.717) is 23.3 Å². The van der Waals surface area contributed by atoms with Crippen LogP contribution < -0.4 is 4.74 Å². The number of alkyl halides is 3. The van der Waals surface area contributed by atoms with Crippen molar-refractivity contribution in [2.75, 3.05) is 19.8 Å². The van der Waals surface area contributed by atoms with Gasteiger partial charge in [0.15, 0.2) is 6.73 Å². The zero-order chi connectivity index (χ0) is 25.5. The van der Waals surface area contributed by atoms with Crippen LogP contribution in [0.5, 0.6) is 5.75 Å². The molecule has 3 heterocycles. The Morgan fingerprint density at radius 1 is 1.25 bits per heavy atom. The Bertz CT molecular complexity index is 1070. The zero-order valence-corrected chi connectivity index (χ0v) is 20.7. The van der Waals surface area contributed by atoms with Crippen molar-refractivity contribution in [2.45, 2.75) is 71.1 Å². The number of hydrogen-bond donors (Lipinski definition) is 1. The number of benzene rings is 1. The molecule has 196 valence electrons. The van der Waals surface area contributed by atoms with Gasteiger partial charge >= 0.3 is 6.18 Å². The summed E-state index contributed by atoms with van der Waals surface area (Å²) in [6, 6.07) is 3.82. The number of hydrogen-bond acceptors (Lipinski definition) is 6. The zero-order valence-electron chi connectivity index (χ0n) is 20.7. The van der Waals surface area contributed by atoms with Gasteiger partial charge in [-0.05, 0) is 85.7 Å². The summed E-state index contributed by atoms with van der Waals surface area (Å²) >= 11 is 0. The lowest BCUT2D eigenvalue weighted by Gasteiger charge is -2.41. The second kappa shape index (κ2) is 9.64. The monoisotopic (exact) mass is 506 g/mol. The van der Waals surface area contributed by atoms with Crippen molar-refractivity contribution in [3.63, 3.8) is 0 Å². The quantitative estimate of drug-likeness (QED) is 0.659. The number of aromatic amines is 1. The highest BCUT2D eigenvalue weighted by Crippen LogP contribution is 2.48. The molecule has 2 aliphatic heterocycles. The summed E-state index contributed by atoms with van der Waals surface area (Å²) in [5.41, 5.74) is -0.848. The van der Waals surface area contributed by atoms with E-state index >= 15 is 0 Å². The standard InChI is InChI=1S/C25H33F3N6O2/c1-16(2)24(23(35)34-14-18-12-19(25(26,27)28)3-4-21(18)36-15-34)8-5-20(13-24)33-9-6-17(7-10-33)11-22-29-31-32-30-22/h3-4,12,16-17,20H,5-11,13-15H2,1-2H3,(H,29,30,31,32)/t20-,24+/m1/s1. The van der Waals surface area contributed by atoms with Crippen molar-refractivity contribution in [3.05, 3.63) is 35.2 Å². The molecule has 2 fully saturated rings. The van der Waals surface area contributed by atoms with Gasteiger partial charge in [-0.25, -0.2) is 5.10 Å². The fourth-order valence-electron chi connectivity index (χ4n) is 6.25. The summed E-state index contributed by atoms with van der Waals surface area (Å²) in [5, 5.41) is 14.2. The number of tetrazole rings is 1. The number of nitrogens with one attached hydrogen (secondary N) is 1. The average molecular weight is 507 g/mol. The van der Waals surface area contributed by atoms with Crippen LogP contribution in [0.2, 0.25) is 0 Å². The van der Waals surface area contributed by atoms with Crippen LogP contribution in [0.4, 0.5) is 13.2 Å². The first-order valence-corrected chi connectivity index (χ1v) is 12.7. The fraction of sp³-hybridized carbons (Fsp3) is 0.680. The maximum absolute atomic E-state index is 13.9. The van der Waals surface area contributed by atoms with Crippen LogP contribution in [0.1, 0.15) is 62.9 Å². The number of H-pyrrole nitrogens is 1. The van der Waals surface area contributed by atoms with Gasteiger partial charge in [-0.1, -0.05) is 13.8 Å². The molecule has 11 heteroatoms. The number of carbonyl (C=O) groups excluding carboxylic acids is 1. The van der Waals surface area contributed by atoms with Crippen LogP contribution in [0, 0.1) is 17.3 Å².